The molecule has 1 aliphatic rings. The molecule has 2 atom stereocenters. The van der Waals surface area contributed by atoms with E-state index in [4.69, 9.17) is 10.5 Å². The predicted octanol–water partition coefficient (Wildman–Crippen LogP) is 3.03. The van der Waals surface area contributed by atoms with Crippen molar-refractivity contribution in [3.05, 3.63) is 54.1 Å². The first kappa shape index (κ1) is 15.7. The smallest absolute Gasteiger partial charge is 0.142 e. The van der Waals surface area contributed by atoms with Crippen molar-refractivity contribution in [2.75, 3.05) is 23.7 Å². The molecule has 1 fully saturated rings. The fourth-order valence-electron chi connectivity index (χ4n) is 3.14. The standard InChI is InChI=1S/C19H25N3O/c1-14-11-22(12-15(2)21-14)17-8-9-19(18(20)10-17)23-13-16-6-4-3-5-7-16/h3-10,14-15,21H,11-13,20H2,1-2H3/t14-,15?/m1/s1. The quantitative estimate of drug-likeness (QED) is 0.852. The molecule has 2 aromatic carbocycles. The molecule has 2 aromatic rings. The second kappa shape index (κ2) is 6.92. The minimum Gasteiger partial charge on any atom is -0.487 e. The first-order valence-corrected chi connectivity index (χ1v) is 8.19. The van der Waals surface area contributed by atoms with Crippen LogP contribution in [0.25, 0.3) is 0 Å². The molecule has 3 rings (SSSR count). The molecule has 4 heteroatoms. The van der Waals surface area contributed by atoms with E-state index in [0.717, 1.165) is 30.1 Å². The van der Waals surface area contributed by atoms with Gasteiger partial charge in [-0.15, -0.1) is 0 Å². The van der Waals surface area contributed by atoms with Crippen molar-refractivity contribution in [3.8, 4) is 5.75 Å². The lowest BCUT2D eigenvalue weighted by Crippen LogP contribution is -2.54. The van der Waals surface area contributed by atoms with Crippen molar-refractivity contribution < 1.29 is 4.74 Å². The number of anilines is 2. The number of piperazine rings is 1. The van der Waals surface area contributed by atoms with Crippen LogP contribution in [-0.4, -0.2) is 25.2 Å². The summed E-state index contributed by atoms with van der Waals surface area (Å²) in [5, 5.41) is 3.55. The molecule has 122 valence electrons. The molecule has 0 spiro atoms. The van der Waals surface area contributed by atoms with Crippen molar-refractivity contribution in [3.63, 3.8) is 0 Å². The zero-order valence-corrected chi connectivity index (χ0v) is 13.8. The molecule has 3 N–H and O–H groups in total. The van der Waals surface area contributed by atoms with Gasteiger partial charge in [0, 0.05) is 30.9 Å². The van der Waals surface area contributed by atoms with Crippen LogP contribution in [0, 0.1) is 0 Å². The Balaban J connectivity index is 1.68. The number of nitrogen functional groups attached to an aromatic ring is 1. The summed E-state index contributed by atoms with van der Waals surface area (Å²) in [5.41, 5.74) is 9.19. The fraction of sp³-hybridized carbons (Fsp3) is 0.368. The third-order valence-electron chi connectivity index (χ3n) is 4.15. The van der Waals surface area contributed by atoms with Crippen LogP contribution < -0.4 is 20.7 Å². The lowest BCUT2D eigenvalue weighted by molar-refractivity contribution is 0.308. The van der Waals surface area contributed by atoms with E-state index in [0.29, 0.717) is 24.4 Å². The zero-order chi connectivity index (χ0) is 16.2. The Morgan fingerprint density at radius 2 is 1.78 bits per heavy atom. The second-order valence-corrected chi connectivity index (χ2v) is 6.37. The average Bonchev–Trinajstić information content (AvgIpc) is 2.54. The van der Waals surface area contributed by atoms with E-state index in [2.05, 4.69) is 30.1 Å². The Labute approximate surface area is 138 Å². The highest BCUT2D eigenvalue weighted by atomic mass is 16.5. The number of benzene rings is 2. The zero-order valence-electron chi connectivity index (χ0n) is 13.8. The van der Waals surface area contributed by atoms with E-state index in [9.17, 15) is 0 Å². The number of rotatable bonds is 4. The maximum atomic E-state index is 6.19. The van der Waals surface area contributed by atoms with E-state index in [1.165, 1.54) is 0 Å². The van der Waals surface area contributed by atoms with Crippen LogP contribution in [-0.2, 0) is 6.61 Å². The van der Waals surface area contributed by atoms with Crippen LogP contribution in [0.3, 0.4) is 0 Å². The predicted molar refractivity (Wildman–Crippen MR) is 95.9 cm³/mol. The lowest BCUT2D eigenvalue weighted by Gasteiger charge is -2.37. The summed E-state index contributed by atoms with van der Waals surface area (Å²) in [7, 11) is 0. The van der Waals surface area contributed by atoms with Crippen molar-refractivity contribution in [2.24, 2.45) is 0 Å². The van der Waals surface area contributed by atoms with Gasteiger partial charge in [0.1, 0.15) is 12.4 Å². The van der Waals surface area contributed by atoms with Crippen LogP contribution in [0.2, 0.25) is 0 Å². The number of nitrogens with two attached hydrogens (primary N) is 1. The Morgan fingerprint density at radius 1 is 1.09 bits per heavy atom. The van der Waals surface area contributed by atoms with Gasteiger partial charge in [0.2, 0.25) is 0 Å². The van der Waals surface area contributed by atoms with Gasteiger partial charge in [-0.05, 0) is 37.6 Å². The van der Waals surface area contributed by atoms with Gasteiger partial charge >= 0.3 is 0 Å². The number of hydrogen-bond acceptors (Lipinski definition) is 4. The molecule has 1 unspecified atom stereocenters. The molecular weight excluding hydrogens is 286 g/mol. The molecule has 0 aromatic heterocycles. The summed E-state index contributed by atoms with van der Waals surface area (Å²) < 4.78 is 5.85. The number of ether oxygens (including phenoxy) is 1. The second-order valence-electron chi connectivity index (χ2n) is 6.37. The van der Waals surface area contributed by atoms with Crippen LogP contribution in [0.4, 0.5) is 11.4 Å². The highest BCUT2D eigenvalue weighted by Gasteiger charge is 2.21. The Kier molecular flexibility index (Phi) is 4.72. The summed E-state index contributed by atoms with van der Waals surface area (Å²) in [6.07, 6.45) is 0. The minimum atomic E-state index is 0.481. The van der Waals surface area contributed by atoms with E-state index in [-0.39, 0.29) is 0 Å². The van der Waals surface area contributed by atoms with E-state index in [1.807, 2.05) is 42.5 Å². The van der Waals surface area contributed by atoms with Crippen LogP contribution in [0.15, 0.2) is 48.5 Å². The highest BCUT2D eigenvalue weighted by molar-refractivity contribution is 5.63. The van der Waals surface area contributed by atoms with Gasteiger partial charge < -0.3 is 20.7 Å². The first-order valence-electron chi connectivity index (χ1n) is 8.19. The molecular formula is C19H25N3O. The van der Waals surface area contributed by atoms with Gasteiger partial charge in [0.25, 0.3) is 0 Å². The molecule has 0 amide bonds. The SMILES string of the molecule is CC1CN(c2ccc(OCc3ccccc3)c(N)c2)C[C@@H](C)N1. The van der Waals surface area contributed by atoms with Gasteiger partial charge in [0.05, 0.1) is 5.69 Å². The first-order chi connectivity index (χ1) is 11.1. The molecule has 0 radical (unpaired) electrons. The topological polar surface area (TPSA) is 50.5 Å². The molecule has 23 heavy (non-hydrogen) atoms. The maximum Gasteiger partial charge on any atom is 0.142 e. The van der Waals surface area contributed by atoms with E-state index in [1.54, 1.807) is 0 Å². The monoisotopic (exact) mass is 311 g/mol. The molecule has 1 saturated heterocycles. The average molecular weight is 311 g/mol. The minimum absolute atomic E-state index is 0.481. The molecule has 4 nitrogen and oxygen atoms in total. The summed E-state index contributed by atoms with van der Waals surface area (Å²) in [6, 6.07) is 17.2. The summed E-state index contributed by atoms with van der Waals surface area (Å²) in [6.45, 7) is 6.95. The third kappa shape index (κ3) is 3.96. The van der Waals surface area contributed by atoms with Crippen LogP contribution >= 0.6 is 0 Å². The molecule has 0 saturated carbocycles. The number of nitrogens with zero attached hydrogens (tertiary/aromatic N) is 1. The van der Waals surface area contributed by atoms with E-state index >= 15 is 0 Å². The molecule has 0 aliphatic carbocycles. The normalized spacial score (nSPS) is 21.2. The van der Waals surface area contributed by atoms with Crippen molar-refractivity contribution in [1.82, 2.24) is 5.32 Å². The summed E-state index contributed by atoms with van der Waals surface area (Å²) in [5.74, 6) is 0.744. The Hall–Kier alpha value is -2.20. The molecule has 1 heterocycles. The van der Waals surface area contributed by atoms with Crippen molar-refractivity contribution in [2.45, 2.75) is 32.5 Å². The van der Waals surface area contributed by atoms with Crippen LogP contribution in [0.1, 0.15) is 19.4 Å². The van der Waals surface area contributed by atoms with Gasteiger partial charge in [0.15, 0.2) is 0 Å². The highest BCUT2D eigenvalue weighted by Crippen LogP contribution is 2.29. The van der Waals surface area contributed by atoms with Crippen LogP contribution in [0.5, 0.6) is 5.75 Å². The van der Waals surface area contributed by atoms with Gasteiger partial charge in [-0.25, -0.2) is 0 Å². The molecule has 0 bridgehead atoms. The summed E-state index contributed by atoms with van der Waals surface area (Å²) >= 11 is 0. The van der Waals surface area contributed by atoms with Gasteiger partial charge in [-0.3, -0.25) is 0 Å². The maximum absolute atomic E-state index is 6.19. The lowest BCUT2D eigenvalue weighted by atomic mass is 10.1. The number of nitrogens with one attached hydrogen (secondary N) is 1. The third-order valence-corrected chi connectivity index (χ3v) is 4.15. The van der Waals surface area contributed by atoms with Gasteiger partial charge in [-0.1, -0.05) is 30.3 Å². The largest absolute Gasteiger partial charge is 0.487 e. The summed E-state index contributed by atoms with van der Waals surface area (Å²) in [4.78, 5) is 2.38. The van der Waals surface area contributed by atoms with Gasteiger partial charge in [-0.2, -0.15) is 0 Å². The number of hydrogen-bond donors (Lipinski definition) is 2. The van der Waals surface area contributed by atoms with Crippen molar-refractivity contribution >= 4 is 11.4 Å². The Morgan fingerprint density at radius 3 is 2.43 bits per heavy atom. The van der Waals surface area contributed by atoms with Crippen molar-refractivity contribution in [1.29, 1.82) is 0 Å². The molecule has 1 aliphatic heterocycles. The fourth-order valence-corrected chi connectivity index (χ4v) is 3.14. The Bertz CT molecular complexity index is 634. The van der Waals surface area contributed by atoms with E-state index < -0.39 is 0 Å².